The van der Waals surface area contributed by atoms with Crippen molar-refractivity contribution in [1.82, 2.24) is 0 Å². The van der Waals surface area contributed by atoms with Crippen LogP contribution in [0.25, 0.3) is 0 Å². The van der Waals surface area contributed by atoms with Gasteiger partial charge in [0.1, 0.15) is 12.7 Å². The molecule has 0 aliphatic rings. The first kappa shape index (κ1) is 57.3. The molecule has 1 unspecified atom stereocenters. The maximum atomic E-state index is 12.6. The molecule has 0 aromatic rings. The van der Waals surface area contributed by atoms with Crippen LogP contribution in [0.15, 0.2) is 85.1 Å². The van der Waals surface area contributed by atoms with E-state index in [4.69, 9.17) is 23.8 Å². The third kappa shape index (κ3) is 42.0. The Morgan fingerprint density at radius 1 is 0.517 bits per heavy atom. The largest absolute Gasteiger partial charge is 0.472 e. The number of phosphoric ester groups is 2. The van der Waals surface area contributed by atoms with Gasteiger partial charge in [0.25, 0.3) is 0 Å². The zero-order chi connectivity index (χ0) is 44.6. The van der Waals surface area contributed by atoms with Crippen molar-refractivity contribution < 1.29 is 66.7 Å². The van der Waals surface area contributed by atoms with Crippen LogP contribution in [-0.4, -0.2) is 81.6 Å². The van der Waals surface area contributed by atoms with Gasteiger partial charge in [0, 0.05) is 12.8 Å². The molecule has 0 heterocycles. The van der Waals surface area contributed by atoms with Crippen LogP contribution < -0.4 is 0 Å². The molecule has 0 fully saturated rings. The number of allylic oxidation sites excluding steroid dienone is 14. The molecule has 0 bridgehead atoms. The smallest absolute Gasteiger partial charge is 0.462 e. The molecule has 0 saturated heterocycles. The summed E-state index contributed by atoms with van der Waals surface area (Å²) >= 11 is 0. The van der Waals surface area contributed by atoms with E-state index in [2.05, 4.69) is 88.9 Å². The molecule has 0 aliphatic heterocycles. The lowest BCUT2D eigenvalue weighted by molar-refractivity contribution is -0.161. The van der Waals surface area contributed by atoms with Crippen molar-refractivity contribution in [2.45, 2.75) is 154 Å². The third-order valence-electron chi connectivity index (χ3n) is 8.42. The van der Waals surface area contributed by atoms with E-state index in [9.17, 15) is 33.8 Å². The lowest BCUT2D eigenvalue weighted by Crippen LogP contribution is -2.29. The van der Waals surface area contributed by atoms with Crippen LogP contribution in [0.1, 0.15) is 136 Å². The molecule has 0 aromatic heterocycles. The Morgan fingerprint density at radius 2 is 0.983 bits per heavy atom. The van der Waals surface area contributed by atoms with Gasteiger partial charge in [-0.15, -0.1) is 0 Å². The van der Waals surface area contributed by atoms with Crippen molar-refractivity contribution in [3.63, 3.8) is 0 Å². The average molecular weight is 889 g/mol. The normalized spacial score (nSPS) is 15.4. The van der Waals surface area contributed by atoms with Gasteiger partial charge >= 0.3 is 27.6 Å². The zero-order valence-corrected chi connectivity index (χ0v) is 37.7. The summed E-state index contributed by atoms with van der Waals surface area (Å²) in [6, 6.07) is 0. The van der Waals surface area contributed by atoms with Gasteiger partial charge < -0.3 is 34.4 Å². The standard InChI is InChI=1S/C44H74O14P2/c1-3-5-6-7-8-9-10-11-12-16-19-22-25-28-31-34-43(47)54-38-42(39-57-60(52,53)56-37-41(46)36-55-59(49,50)51)58-44(48)35-32-29-26-23-20-17-14-13-15-18-21-24-27-30-33-40(45)4-2/h5-6,8-9,11-12,14-15,17-18,23-24,26-27,40-42,45-46H,3-4,7,10,13,16,19-22,25,28-39H2,1-2H3,(H,52,53)(H2,49,50,51)/b6-5-,9-8-,12-11-,17-14-,18-15-,26-23-,27-24-/t40-,41+,42-/m1/s1. The topological polar surface area (TPSA) is 216 Å². The summed E-state index contributed by atoms with van der Waals surface area (Å²) in [6.07, 6.45) is 41.0. The minimum atomic E-state index is -4.88. The molecule has 0 radical (unpaired) electrons. The monoisotopic (exact) mass is 888 g/mol. The number of carbonyl (C=O) groups is 2. The summed E-state index contributed by atoms with van der Waals surface area (Å²) < 4.78 is 47.6. The molecule has 4 atom stereocenters. The molecule has 0 spiro atoms. The van der Waals surface area contributed by atoms with Crippen LogP contribution in [0.4, 0.5) is 0 Å². The number of phosphoric acid groups is 2. The SMILES string of the molecule is CC/C=C\C/C=C\C/C=C\CCCCCCCC(=O)OC[C@H](COP(=O)(O)OC[C@@H](O)COP(=O)(O)O)OC(=O)CCC/C=C\C/C=C\C/C=C\C/C=C\CC[C@H](O)CC. The highest BCUT2D eigenvalue weighted by Crippen LogP contribution is 2.43. The van der Waals surface area contributed by atoms with E-state index in [-0.39, 0.29) is 18.9 Å². The van der Waals surface area contributed by atoms with Crippen LogP contribution in [0.3, 0.4) is 0 Å². The van der Waals surface area contributed by atoms with Gasteiger partial charge in [0.2, 0.25) is 0 Å². The molecule has 0 rings (SSSR count). The Morgan fingerprint density at radius 3 is 1.55 bits per heavy atom. The first-order valence-electron chi connectivity index (χ1n) is 21.4. The van der Waals surface area contributed by atoms with Gasteiger partial charge in [0.15, 0.2) is 6.10 Å². The molecular formula is C44H74O14P2. The number of aliphatic hydroxyl groups excluding tert-OH is 2. The van der Waals surface area contributed by atoms with Gasteiger partial charge in [-0.25, -0.2) is 9.13 Å². The molecule has 14 nitrogen and oxygen atoms in total. The summed E-state index contributed by atoms with van der Waals surface area (Å²) in [6.45, 7) is 1.26. The Labute approximate surface area is 359 Å². The van der Waals surface area contributed by atoms with Crippen molar-refractivity contribution in [1.29, 1.82) is 0 Å². The van der Waals surface area contributed by atoms with Crippen LogP contribution in [-0.2, 0) is 41.8 Å². The number of unbranched alkanes of at least 4 members (excludes halogenated alkanes) is 6. The van der Waals surface area contributed by atoms with Crippen molar-refractivity contribution in [3.05, 3.63) is 85.1 Å². The highest BCUT2D eigenvalue weighted by Gasteiger charge is 2.28. The Balaban J connectivity index is 4.68. The van der Waals surface area contributed by atoms with E-state index in [1.807, 2.05) is 19.1 Å². The van der Waals surface area contributed by atoms with E-state index < -0.39 is 66.2 Å². The molecule has 0 saturated carbocycles. The highest BCUT2D eigenvalue weighted by atomic mass is 31.2. The third-order valence-corrected chi connectivity index (χ3v) is 9.86. The summed E-state index contributed by atoms with van der Waals surface area (Å²) in [5.41, 5.74) is 0. The van der Waals surface area contributed by atoms with Gasteiger partial charge in [-0.3, -0.25) is 23.2 Å². The molecule has 0 amide bonds. The van der Waals surface area contributed by atoms with Gasteiger partial charge in [-0.05, 0) is 89.9 Å². The summed E-state index contributed by atoms with van der Waals surface area (Å²) in [5.74, 6) is -1.14. The molecule has 16 heteroatoms. The second-order valence-electron chi connectivity index (χ2n) is 14.0. The molecule has 60 heavy (non-hydrogen) atoms. The van der Waals surface area contributed by atoms with Crippen LogP contribution in [0.2, 0.25) is 0 Å². The van der Waals surface area contributed by atoms with Gasteiger partial charge in [0.05, 0.1) is 25.9 Å². The molecule has 0 aliphatic carbocycles. The molecule has 0 aromatic carbocycles. The maximum Gasteiger partial charge on any atom is 0.472 e. The maximum absolute atomic E-state index is 12.6. The minimum Gasteiger partial charge on any atom is -0.462 e. The Hall–Kier alpha value is -2.74. The number of rotatable bonds is 39. The fourth-order valence-electron chi connectivity index (χ4n) is 5.04. The van der Waals surface area contributed by atoms with Crippen molar-refractivity contribution in [2.75, 3.05) is 26.4 Å². The van der Waals surface area contributed by atoms with E-state index in [0.29, 0.717) is 19.3 Å². The van der Waals surface area contributed by atoms with Gasteiger partial charge in [-0.1, -0.05) is 118 Å². The average Bonchev–Trinajstić information content (AvgIpc) is 3.21. The van der Waals surface area contributed by atoms with E-state index in [1.165, 1.54) is 0 Å². The quantitative estimate of drug-likeness (QED) is 0.0168. The Kier molecular flexibility index (Phi) is 37.3. The fourth-order valence-corrected chi connectivity index (χ4v) is 6.20. The predicted molar refractivity (Wildman–Crippen MR) is 236 cm³/mol. The second kappa shape index (κ2) is 39.1. The van der Waals surface area contributed by atoms with Crippen LogP contribution in [0.5, 0.6) is 0 Å². The molecular weight excluding hydrogens is 814 g/mol. The minimum absolute atomic E-state index is 0.0336. The number of hydrogen-bond acceptors (Lipinski definition) is 11. The first-order valence-corrected chi connectivity index (χ1v) is 24.4. The first-order chi connectivity index (χ1) is 28.8. The summed E-state index contributed by atoms with van der Waals surface area (Å²) in [5, 5.41) is 19.3. The van der Waals surface area contributed by atoms with E-state index in [0.717, 1.165) is 89.9 Å². The zero-order valence-electron chi connectivity index (χ0n) is 35.9. The number of ether oxygens (including phenoxy) is 2. The van der Waals surface area contributed by atoms with Gasteiger partial charge in [-0.2, -0.15) is 0 Å². The van der Waals surface area contributed by atoms with Crippen molar-refractivity contribution in [3.8, 4) is 0 Å². The van der Waals surface area contributed by atoms with Crippen molar-refractivity contribution >= 4 is 27.6 Å². The summed E-state index contributed by atoms with van der Waals surface area (Å²) in [7, 11) is -9.72. The molecule has 344 valence electrons. The molecule has 5 N–H and O–H groups in total. The lowest BCUT2D eigenvalue weighted by atomic mass is 10.1. The van der Waals surface area contributed by atoms with Crippen molar-refractivity contribution in [2.24, 2.45) is 0 Å². The Bertz CT molecular complexity index is 1400. The summed E-state index contributed by atoms with van der Waals surface area (Å²) in [4.78, 5) is 52.6. The number of aliphatic hydroxyl groups is 2. The second-order valence-corrected chi connectivity index (χ2v) is 16.7. The van der Waals surface area contributed by atoms with E-state index in [1.54, 1.807) is 0 Å². The lowest BCUT2D eigenvalue weighted by Gasteiger charge is -2.20. The van der Waals surface area contributed by atoms with E-state index >= 15 is 0 Å². The number of carbonyl (C=O) groups excluding carboxylic acids is 2. The van der Waals surface area contributed by atoms with Crippen LogP contribution >= 0.6 is 15.6 Å². The predicted octanol–water partition coefficient (Wildman–Crippen LogP) is 9.75. The number of hydrogen-bond donors (Lipinski definition) is 5. The van der Waals surface area contributed by atoms with Crippen LogP contribution in [0, 0.1) is 0 Å². The number of esters is 2. The fraction of sp³-hybridized carbons (Fsp3) is 0.636. The highest BCUT2D eigenvalue weighted by molar-refractivity contribution is 7.47.